The first-order chi connectivity index (χ1) is 9.21. The van der Waals surface area contributed by atoms with Crippen LogP contribution in [0.1, 0.15) is 24.0 Å². The van der Waals surface area contributed by atoms with Gasteiger partial charge in [0.2, 0.25) is 10.0 Å². The van der Waals surface area contributed by atoms with Crippen molar-refractivity contribution in [3.63, 3.8) is 0 Å². The summed E-state index contributed by atoms with van der Waals surface area (Å²) in [4.78, 5) is 0. The molecule has 1 aromatic carbocycles. The highest BCUT2D eigenvalue weighted by molar-refractivity contribution is 7.92. The first-order valence-electron chi connectivity index (χ1n) is 5.83. The van der Waals surface area contributed by atoms with E-state index >= 15 is 0 Å². The van der Waals surface area contributed by atoms with Crippen LogP contribution in [-0.4, -0.2) is 14.2 Å². The SMILES string of the molecule is N#Cc1cc(C(F)(F)F)ccc1NS(=O)(=O)CC1CC1. The molecule has 0 bridgehead atoms. The van der Waals surface area contributed by atoms with E-state index < -0.39 is 21.8 Å². The third-order valence-corrected chi connectivity index (χ3v) is 4.33. The fourth-order valence-electron chi connectivity index (χ4n) is 1.71. The molecule has 8 heteroatoms. The Balaban J connectivity index is 2.26. The van der Waals surface area contributed by atoms with Crippen molar-refractivity contribution in [1.29, 1.82) is 5.26 Å². The quantitative estimate of drug-likeness (QED) is 0.929. The Morgan fingerprint density at radius 3 is 2.50 bits per heavy atom. The molecule has 0 heterocycles. The number of nitrogens with zero attached hydrogens (tertiary/aromatic N) is 1. The fraction of sp³-hybridized carbons (Fsp3) is 0.417. The average molecular weight is 304 g/mol. The van der Waals surface area contributed by atoms with Gasteiger partial charge in [-0.3, -0.25) is 4.72 Å². The number of halogens is 3. The molecule has 0 atom stereocenters. The minimum atomic E-state index is -4.57. The Morgan fingerprint density at radius 2 is 2.00 bits per heavy atom. The zero-order valence-corrected chi connectivity index (χ0v) is 11.1. The van der Waals surface area contributed by atoms with Crippen molar-refractivity contribution in [2.24, 2.45) is 5.92 Å². The van der Waals surface area contributed by atoms with Gasteiger partial charge in [-0.2, -0.15) is 18.4 Å². The molecular formula is C12H11F3N2O2S. The summed E-state index contributed by atoms with van der Waals surface area (Å²) >= 11 is 0. The highest BCUT2D eigenvalue weighted by Crippen LogP contribution is 2.33. The Bertz CT molecular complexity index is 658. The van der Waals surface area contributed by atoms with Gasteiger partial charge in [0.15, 0.2) is 0 Å². The minimum Gasteiger partial charge on any atom is -0.282 e. The second-order valence-electron chi connectivity index (χ2n) is 4.70. The molecule has 0 aliphatic heterocycles. The summed E-state index contributed by atoms with van der Waals surface area (Å²) < 4.78 is 63.2. The van der Waals surface area contributed by atoms with Crippen LogP contribution in [0.25, 0.3) is 0 Å². The zero-order chi connectivity index (χ0) is 15.0. The fourth-order valence-corrected chi connectivity index (χ4v) is 3.26. The Hall–Kier alpha value is -1.75. The van der Waals surface area contributed by atoms with Gasteiger partial charge in [-0.05, 0) is 37.0 Å². The smallest absolute Gasteiger partial charge is 0.282 e. The summed E-state index contributed by atoms with van der Waals surface area (Å²) in [6, 6.07) is 3.92. The molecule has 1 N–H and O–H groups in total. The van der Waals surface area contributed by atoms with Crippen LogP contribution in [-0.2, 0) is 16.2 Å². The number of rotatable bonds is 4. The number of nitriles is 1. The number of benzene rings is 1. The van der Waals surface area contributed by atoms with Crippen molar-refractivity contribution in [2.45, 2.75) is 19.0 Å². The van der Waals surface area contributed by atoms with Gasteiger partial charge < -0.3 is 0 Å². The number of nitrogens with one attached hydrogen (secondary N) is 1. The molecule has 1 fully saturated rings. The van der Waals surface area contributed by atoms with Gasteiger partial charge in [0.1, 0.15) is 6.07 Å². The second kappa shape index (κ2) is 4.98. The predicted octanol–water partition coefficient (Wildman–Crippen LogP) is 2.73. The number of hydrogen-bond donors (Lipinski definition) is 1. The number of hydrogen-bond acceptors (Lipinski definition) is 3. The average Bonchev–Trinajstić information content (AvgIpc) is 3.10. The Kier molecular flexibility index (Phi) is 3.65. The maximum absolute atomic E-state index is 12.5. The van der Waals surface area contributed by atoms with Crippen LogP contribution in [0, 0.1) is 17.2 Å². The van der Waals surface area contributed by atoms with E-state index in [0.717, 1.165) is 25.0 Å². The van der Waals surface area contributed by atoms with E-state index in [2.05, 4.69) is 4.72 Å². The zero-order valence-electron chi connectivity index (χ0n) is 10.2. The number of sulfonamides is 1. The maximum Gasteiger partial charge on any atom is 0.416 e. The van der Waals surface area contributed by atoms with Crippen LogP contribution in [0.2, 0.25) is 0 Å². The van der Waals surface area contributed by atoms with E-state index in [0.29, 0.717) is 6.07 Å². The summed E-state index contributed by atoms with van der Waals surface area (Å²) in [5.74, 6) is 0.0336. The van der Waals surface area contributed by atoms with Crippen molar-refractivity contribution in [3.05, 3.63) is 29.3 Å². The van der Waals surface area contributed by atoms with Gasteiger partial charge in [0.05, 0.1) is 22.6 Å². The predicted molar refractivity (Wildman–Crippen MR) is 66.3 cm³/mol. The molecule has 4 nitrogen and oxygen atoms in total. The molecule has 20 heavy (non-hydrogen) atoms. The number of alkyl halides is 3. The van der Waals surface area contributed by atoms with E-state index in [9.17, 15) is 21.6 Å². The summed E-state index contributed by atoms with van der Waals surface area (Å²) in [5.41, 5.74) is -1.46. The third-order valence-electron chi connectivity index (χ3n) is 2.88. The largest absolute Gasteiger partial charge is 0.416 e. The molecule has 0 aromatic heterocycles. The van der Waals surface area contributed by atoms with E-state index in [4.69, 9.17) is 5.26 Å². The van der Waals surface area contributed by atoms with Crippen LogP contribution < -0.4 is 4.72 Å². The number of anilines is 1. The van der Waals surface area contributed by atoms with Crippen LogP contribution in [0.5, 0.6) is 0 Å². The topological polar surface area (TPSA) is 70.0 Å². The summed E-state index contributed by atoms with van der Waals surface area (Å²) in [6.45, 7) is 0. The maximum atomic E-state index is 12.5. The summed E-state index contributed by atoms with van der Waals surface area (Å²) in [7, 11) is -3.63. The van der Waals surface area contributed by atoms with Crippen LogP contribution in [0.15, 0.2) is 18.2 Å². The lowest BCUT2D eigenvalue weighted by molar-refractivity contribution is -0.137. The normalized spacial score (nSPS) is 15.7. The van der Waals surface area contributed by atoms with Gasteiger partial charge in [-0.1, -0.05) is 0 Å². The molecule has 0 unspecified atom stereocenters. The molecule has 1 aliphatic carbocycles. The second-order valence-corrected chi connectivity index (χ2v) is 6.46. The van der Waals surface area contributed by atoms with Crippen molar-refractivity contribution >= 4 is 15.7 Å². The van der Waals surface area contributed by atoms with Crippen molar-refractivity contribution in [2.75, 3.05) is 10.5 Å². The van der Waals surface area contributed by atoms with Gasteiger partial charge >= 0.3 is 6.18 Å². The van der Waals surface area contributed by atoms with E-state index in [1.807, 2.05) is 0 Å². The van der Waals surface area contributed by atoms with Crippen LogP contribution >= 0.6 is 0 Å². The lowest BCUT2D eigenvalue weighted by Crippen LogP contribution is -2.18. The highest BCUT2D eigenvalue weighted by Gasteiger charge is 2.32. The van der Waals surface area contributed by atoms with Crippen molar-refractivity contribution in [3.8, 4) is 6.07 Å². The Morgan fingerprint density at radius 1 is 1.35 bits per heavy atom. The minimum absolute atomic E-state index is 0.0705. The summed E-state index contributed by atoms with van der Waals surface area (Å²) in [5, 5.41) is 8.85. The van der Waals surface area contributed by atoms with Crippen LogP contribution in [0.3, 0.4) is 0 Å². The Labute approximate surface area is 114 Å². The van der Waals surface area contributed by atoms with Gasteiger partial charge in [0, 0.05) is 0 Å². The van der Waals surface area contributed by atoms with Gasteiger partial charge in [-0.25, -0.2) is 8.42 Å². The molecule has 1 saturated carbocycles. The van der Waals surface area contributed by atoms with E-state index in [1.165, 1.54) is 0 Å². The standard InChI is InChI=1S/C12H11F3N2O2S/c13-12(14,15)10-3-4-11(9(5-10)6-16)17-20(18,19)7-8-1-2-8/h3-5,8,17H,1-2,7H2. The first-order valence-corrected chi connectivity index (χ1v) is 7.48. The molecule has 0 radical (unpaired) electrons. The van der Waals surface area contributed by atoms with Gasteiger partial charge in [-0.15, -0.1) is 0 Å². The molecule has 0 amide bonds. The summed E-state index contributed by atoms with van der Waals surface area (Å²) in [6.07, 6.45) is -2.91. The van der Waals surface area contributed by atoms with Crippen LogP contribution in [0.4, 0.5) is 18.9 Å². The first kappa shape index (κ1) is 14.7. The lowest BCUT2D eigenvalue weighted by atomic mass is 10.1. The van der Waals surface area contributed by atoms with Crippen molar-refractivity contribution < 1.29 is 21.6 Å². The monoisotopic (exact) mass is 304 g/mol. The van der Waals surface area contributed by atoms with E-state index in [-0.39, 0.29) is 22.9 Å². The van der Waals surface area contributed by atoms with Crippen molar-refractivity contribution in [1.82, 2.24) is 0 Å². The van der Waals surface area contributed by atoms with Gasteiger partial charge in [0.25, 0.3) is 0 Å². The molecule has 1 aliphatic rings. The highest BCUT2D eigenvalue weighted by atomic mass is 32.2. The lowest BCUT2D eigenvalue weighted by Gasteiger charge is -2.11. The molecule has 0 saturated heterocycles. The molecule has 0 spiro atoms. The third kappa shape index (κ3) is 3.63. The van der Waals surface area contributed by atoms with E-state index in [1.54, 1.807) is 6.07 Å². The molecule has 108 valence electrons. The molecule has 2 rings (SSSR count). The molecule has 1 aromatic rings. The molecular weight excluding hydrogens is 293 g/mol.